The van der Waals surface area contributed by atoms with Crippen molar-refractivity contribution in [2.24, 2.45) is 5.73 Å². The lowest BCUT2D eigenvalue weighted by Crippen LogP contribution is -2.58. The highest BCUT2D eigenvalue weighted by Crippen LogP contribution is 2.38. The highest BCUT2D eigenvalue weighted by molar-refractivity contribution is 4.96. The topological polar surface area (TPSA) is 29.3 Å². The van der Waals surface area contributed by atoms with Crippen molar-refractivity contribution in [3.05, 3.63) is 0 Å². The van der Waals surface area contributed by atoms with Crippen LogP contribution >= 0.6 is 0 Å². The molecule has 0 saturated carbocycles. The molecule has 96 valence electrons. The second-order valence-corrected chi connectivity index (χ2v) is 6.75. The molecule has 0 aliphatic carbocycles. The molecule has 0 aromatic heterocycles. The van der Waals surface area contributed by atoms with E-state index in [1.165, 1.54) is 32.2 Å². The lowest BCUT2D eigenvalue weighted by molar-refractivity contribution is -0.0277. The minimum Gasteiger partial charge on any atom is -0.328 e. The SMILES string of the molecule is CC(N)CCCN1C(C)(C)CCCC1(C)C. The van der Waals surface area contributed by atoms with Gasteiger partial charge in [0.2, 0.25) is 0 Å². The van der Waals surface area contributed by atoms with Crippen molar-refractivity contribution in [2.75, 3.05) is 6.54 Å². The first-order valence-electron chi connectivity index (χ1n) is 6.79. The van der Waals surface area contributed by atoms with Crippen LogP contribution in [-0.4, -0.2) is 28.6 Å². The van der Waals surface area contributed by atoms with Gasteiger partial charge >= 0.3 is 0 Å². The zero-order valence-electron chi connectivity index (χ0n) is 11.8. The number of hydrogen-bond donors (Lipinski definition) is 1. The molecule has 0 aromatic carbocycles. The molecule has 0 bridgehead atoms. The van der Waals surface area contributed by atoms with Gasteiger partial charge in [-0.25, -0.2) is 0 Å². The maximum Gasteiger partial charge on any atom is 0.0158 e. The van der Waals surface area contributed by atoms with Crippen LogP contribution in [0.2, 0.25) is 0 Å². The summed E-state index contributed by atoms with van der Waals surface area (Å²) in [4.78, 5) is 2.70. The Hall–Kier alpha value is -0.0800. The van der Waals surface area contributed by atoms with Gasteiger partial charge in [0.05, 0.1) is 0 Å². The van der Waals surface area contributed by atoms with Gasteiger partial charge in [-0.05, 0) is 73.3 Å². The van der Waals surface area contributed by atoms with Crippen LogP contribution in [0.5, 0.6) is 0 Å². The van der Waals surface area contributed by atoms with E-state index in [1.54, 1.807) is 0 Å². The number of nitrogens with zero attached hydrogens (tertiary/aromatic N) is 1. The van der Waals surface area contributed by atoms with Gasteiger partial charge in [-0.15, -0.1) is 0 Å². The summed E-state index contributed by atoms with van der Waals surface area (Å²) in [5.41, 5.74) is 6.55. The summed E-state index contributed by atoms with van der Waals surface area (Å²) in [6.45, 7) is 12.9. The maximum atomic E-state index is 5.82. The second-order valence-electron chi connectivity index (χ2n) is 6.75. The largest absolute Gasteiger partial charge is 0.328 e. The molecule has 1 saturated heterocycles. The summed E-state index contributed by atoms with van der Waals surface area (Å²) in [7, 11) is 0. The summed E-state index contributed by atoms with van der Waals surface area (Å²) < 4.78 is 0. The van der Waals surface area contributed by atoms with Crippen molar-refractivity contribution in [3.8, 4) is 0 Å². The third-order valence-corrected chi connectivity index (χ3v) is 4.08. The molecule has 2 heteroatoms. The van der Waals surface area contributed by atoms with Crippen molar-refractivity contribution in [2.45, 2.75) is 83.8 Å². The van der Waals surface area contributed by atoms with Gasteiger partial charge in [-0.2, -0.15) is 0 Å². The second kappa shape index (κ2) is 5.05. The normalized spacial score (nSPS) is 26.6. The standard InChI is InChI=1S/C14H30N2/c1-12(15)8-6-11-16-13(2,3)9-7-10-14(16,4)5/h12H,6-11,15H2,1-5H3. The summed E-state index contributed by atoms with van der Waals surface area (Å²) in [5.74, 6) is 0. The van der Waals surface area contributed by atoms with Crippen LogP contribution in [0.25, 0.3) is 0 Å². The Morgan fingerprint density at radius 3 is 2.06 bits per heavy atom. The van der Waals surface area contributed by atoms with Gasteiger partial charge in [0.15, 0.2) is 0 Å². The number of likely N-dealkylation sites (tertiary alicyclic amines) is 1. The number of rotatable bonds is 4. The first-order valence-corrected chi connectivity index (χ1v) is 6.79. The maximum absolute atomic E-state index is 5.82. The van der Waals surface area contributed by atoms with E-state index in [-0.39, 0.29) is 0 Å². The molecular formula is C14H30N2. The van der Waals surface area contributed by atoms with E-state index in [2.05, 4.69) is 39.5 Å². The zero-order valence-corrected chi connectivity index (χ0v) is 11.8. The fourth-order valence-electron chi connectivity index (χ4n) is 3.22. The van der Waals surface area contributed by atoms with Crippen molar-refractivity contribution in [3.63, 3.8) is 0 Å². The third-order valence-electron chi connectivity index (χ3n) is 4.08. The summed E-state index contributed by atoms with van der Waals surface area (Å²) >= 11 is 0. The summed E-state index contributed by atoms with van der Waals surface area (Å²) in [6.07, 6.45) is 6.39. The fourth-order valence-corrected chi connectivity index (χ4v) is 3.22. The molecule has 16 heavy (non-hydrogen) atoms. The minimum absolute atomic E-state index is 0.344. The Labute approximate surface area is 102 Å². The van der Waals surface area contributed by atoms with Crippen LogP contribution in [0.15, 0.2) is 0 Å². The van der Waals surface area contributed by atoms with E-state index in [1.807, 2.05) is 0 Å². The molecule has 1 aliphatic rings. The average molecular weight is 226 g/mol. The van der Waals surface area contributed by atoms with Crippen LogP contribution < -0.4 is 5.73 Å². The number of nitrogens with two attached hydrogens (primary N) is 1. The molecule has 2 nitrogen and oxygen atoms in total. The Kier molecular flexibility index (Phi) is 4.42. The highest BCUT2D eigenvalue weighted by atomic mass is 15.3. The lowest BCUT2D eigenvalue weighted by atomic mass is 9.79. The Balaban J connectivity index is 2.57. The molecule has 2 N–H and O–H groups in total. The van der Waals surface area contributed by atoms with Crippen LogP contribution in [0.4, 0.5) is 0 Å². The minimum atomic E-state index is 0.344. The van der Waals surface area contributed by atoms with E-state index >= 15 is 0 Å². The molecule has 0 amide bonds. The van der Waals surface area contributed by atoms with Crippen molar-refractivity contribution >= 4 is 0 Å². The fraction of sp³-hybridized carbons (Fsp3) is 1.00. The van der Waals surface area contributed by atoms with Crippen LogP contribution in [0, 0.1) is 0 Å². The van der Waals surface area contributed by atoms with Crippen LogP contribution in [-0.2, 0) is 0 Å². The van der Waals surface area contributed by atoms with E-state index in [0.717, 1.165) is 6.42 Å². The van der Waals surface area contributed by atoms with Crippen LogP contribution in [0.3, 0.4) is 0 Å². The van der Waals surface area contributed by atoms with Gasteiger partial charge in [0, 0.05) is 17.1 Å². The van der Waals surface area contributed by atoms with Crippen molar-refractivity contribution < 1.29 is 0 Å². The molecule has 1 heterocycles. The number of hydrogen-bond acceptors (Lipinski definition) is 2. The summed E-state index contributed by atoms with van der Waals surface area (Å²) in [6, 6.07) is 0.344. The number of piperidine rings is 1. The molecule has 1 aliphatic heterocycles. The highest BCUT2D eigenvalue weighted by Gasteiger charge is 2.40. The molecular weight excluding hydrogens is 196 g/mol. The van der Waals surface area contributed by atoms with E-state index in [4.69, 9.17) is 5.73 Å². The molecule has 0 radical (unpaired) electrons. The molecule has 0 aromatic rings. The Morgan fingerprint density at radius 2 is 1.62 bits per heavy atom. The molecule has 0 spiro atoms. The smallest absolute Gasteiger partial charge is 0.0158 e. The zero-order chi connectivity index (χ0) is 12.4. The lowest BCUT2D eigenvalue weighted by Gasteiger charge is -2.53. The third kappa shape index (κ3) is 3.46. The van der Waals surface area contributed by atoms with Crippen LogP contribution in [0.1, 0.15) is 66.7 Å². The molecule has 1 rings (SSSR count). The van der Waals surface area contributed by atoms with E-state index in [9.17, 15) is 0 Å². The average Bonchev–Trinajstić information content (AvgIpc) is 2.08. The quantitative estimate of drug-likeness (QED) is 0.798. The van der Waals surface area contributed by atoms with Gasteiger partial charge in [-0.3, -0.25) is 4.90 Å². The van der Waals surface area contributed by atoms with Gasteiger partial charge in [-0.1, -0.05) is 0 Å². The van der Waals surface area contributed by atoms with Gasteiger partial charge in [0.25, 0.3) is 0 Å². The summed E-state index contributed by atoms with van der Waals surface area (Å²) in [5, 5.41) is 0. The van der Waals surface area contributed by atoms with Gasteiger partial charge < -0.3 is 5.73 Å². The van der Waals surface area contributed by atoms with Crippen molar-refractivity contribution in [1.29, 1.82) is 0 Å². The van der Waals surface area contributed by atoms with E-state index in [0.29, 0.717) is 17.1 Å². The Morgan fingerprint density at radius 1 is 1.12 bits per heavy atom. The van der Waals surface area contributed by atoms with Crippen molar-refractivity contribution in [1.82, 2.24) is 4.90 Å². The first-order chi connectivity index (χ1) is 7.26. The monoisotopic (exact) mass is 226 g/mol. The predicted octanol–water partition coefficient (Wildman–Crippen LogP) is 3.16. The Bertz CT molecular complexity index is 203. The first kappa shape index (κ1) is 14.0. The molecule has 1 atom stereocenters. The molecule has 1 unspecified atom stereocenters. The van der Waals surface area contributed by atoms with Gasteiger partial charge in [0.1, 0.15) is 0 Å². The predicted molar refractivity (Wildman–Crippen MR) is 71.6 cm³/mol. The van der Waals surface area contributed by atoms with E-state index < -0.39 is 0 Å². The molecule has 1 fully saturated rings.